The van der Waals surface area contributed by atoms with Gasteiger partial charge in [-0.05, 0) is 56.5 Å². The molecule has 0 unspecified atom stereocenters. The third-order valence-electron chi connectivity index (χ3n) is 7.59. The Hall–Kier alpha value is -3.18. The quantitative estimate of drug-likeness (QED) is 0.141. The van der Waals surface area contributed by atoms with Gasteiger partial charge in [-0.3, -0.25) is 0 Å². The van der Waals surface area contributed by atoms with Crippen molar-refractivity contribution in [3.8, 4) is 11.1 Å². The molecular formula is C32H40ClN3O2. The van der Waals surface area contributed by atoms with Crippen LogP contribution >= 0.6 is 11.6 Å². The number of aromatic nitrogens is 2. The van der Waals surface area contributed by atoms with Crippen molar-refractivity contribution in [3.05, 3.63) is 76.2 Å². The van der Waals surface area contributed by atoms with Crippen LogP contribution < -0.4 is 5.73 Å². The second-order valence-electron chi connectivity index (χ2n) is 10.6. The van der Waals surface area contributed by atoms with Crippen LogP contribution in [0.3, 0.4) is 0 Å². The van der Waals surface area contributed by atoms with Crippen LogP contribution in [-0.2, 0) is 13.0 Å². The summed E-state index contributed by atoms with van der Waals surface area (Å²) >= 11 is 6.34. The molecule has 4 rings (SSSR count). The van der Waals surface area contributed by atoms with Crippen molar-refractivity contribution in [2.75, 3.05) is 5.73 Å². The second kappa shape index (κ2) is 12.1. The third-order valence-corrected chi connectivity index (χ3v) is 7.92. The first-order valence-corrected chi connectivity index (χ1v) is 14.2. The van der Waals surface area contributed by atoms with E-state index in [4.69, 9.17) is 17.3 Å². The molecule has 0 spiro atoms. The standard InChI is InChI=1S/C32H40ClN3O2/c1-5-6-7-8-9-12-15-36-22(4)31(25-13-10-11-14-30(25)36)27-20-35(21(2)3)19-24(27)16-23-17-28(33)29(34)18-26(23)32(37)38/h10-11,13-14,17-21H,5-9,12,15-16,34H2,1-4H3,(H,37,38). The van der Waals surface area contributed by atoms with Gasteiger partial charge in [0.1, 0.15) is 0 Å². The monoisotopic (exact) mass is 533 g/mol. The number of halogens is 1. The van der Waals surface area contributed by atoms with Gasteiger partial charge in [-0.15, -0.1) is 0 Å². The lowest BCUT2D eigenvalue weighted by Crippen LogP contribution is -2.05. The molecule has 0 aliphatic rings. The van der Waals surface area contributed by atoms with E-state index >= 15 is 0 Å². The number of aromatic carboxylic acids is 1. The van der Waals surface area contributed by atoms with Gasteiger partial charge in [0.2, 0.25) is 0 Å². The Morgan fingerprint density at radius 3 is 2.45 bits per heavy atom. The summed E-state index contributed by atoms with van der Waals surface area (Å²) in [6.07, 6.45) is 12.4. The number of nitrogen functional groups attached to an aromatic ring is 1. The van der Waals surface area contributed by atoms with Crippen LogP contribution in [0, 0.1) is 6.92 Å². The van der Waals surface area contributed by atoms with Gasteiger partial charge in [-0.25, -0.2) is 4.79 Å². The molecule has 0 saturated carbocycles. The lowest BCUT2D eigenvalue weighted by molar-refractivity contribution is 0.0696. The molecule has 2 aromatic heterocycles. The molecule has 4 aromatic rings. The zero-order chi connectivity index (χ0) is 27.4. The summed E-state index contributed by atoms with van der Waals surface area (Å²) in [6, 6.07) is 12.1. The maximum absolute atomic E-state index is 12.1. The van der Waals surface area contributed by atoms with Gasteiger partial charge in [-0.1, -0.05) is 68.8 Å². The minimum Gasteiger partial charge on any atom is -0.478 e. The molecule has 0 aliphatic heterocycles. The minimum absolute atomic E-state index is 0.192. The molecule has 2 heterocycles. The van der Waals surface area contributed by atoms with Gasteiger partial charge in [0.05, 0.1) is 16.3 Å². The fourth-order valence-corrected chi connectivity index (χ4v) is 5.66. The molecule has 6 heteroatoms. The van der Waals surface area contributed by atoms with E-state index in [0.717, 1.165) is 24.1 Å². The number of hydrogen-bond donors (Lipinski definition) is 2. The maximum Gasteiger partial charge on any atom is 0.336 e. The predicted molar refractivity (Wildman–Crippen MR) is 159 cm³/mol. The highest BCUT2D eigenvalue weighted by atomic mass is 35.5. The lowest BCUT2D eigenvalue weighted by Gasteiger charge is -2.11. The fraction of sp³-hybridized carbons (Fsp3) is 0.406. The van der Waals surface area contributed by atoms with Crippen molar-refractivity contribution in [2.24, 2.45) is 0 Å². The summed E-state index contributed by atoms with van der Waals surface area (Å²) in [6.45, 7) is 9.78. The van der Waals surface area contributed by atoms with Crippen molar-refractivity contribution in [3.63, 3.8) is 0 Å². The fourth-order valence-electron chi connectivity index (χ4n) is 5.47. The highest BCUT2D eigenvalue weighted by Crippen LogP contribution is 2.39. The summed E-state index contributed by atoms with van der Waals surface area (Å²) in [5, 5.41) is 11.5. The van der Waals surface area contributed by atoms with Crippen LogP contribution in [-0.4, -0.2) is 20.2 Å². The van der Waals surface area contributed by atoms with Crippen LogP contribution in [0.5, 0.6) is 0 Å². The van der Waals surface area contributed by atoms with Crippen LogP contribution in [0.4, 0.5) is 5.69 Å². The molecule has 0 aliphatic carbocycles. The molecule has 0 bridgehead atoms. The zero-order valence-corrected chi connectivity index (χ0v) is 23.8. The SMILES string of the molecule is CCCCCCCCn1c(C)c(-c2cn(C(C)C)cc2Cc2cc(Cl)c(N)cc2C(=O)O)c2ccccc21. The number of fused-ring (bicyclic) bond motifs is 1. The third kappa shape index (κ3) is 5.78. The first-order chi connectivity index (χ1) is 18.2. The van der Waals surface area contributed by atoms with E-state index in [0.29, 0.717) is 17.0 Å². The number of unbranched alkanes of at least 4 members (excludes halogenated alkanes) is 5. The number of para-hydroxylation sites is 1. The second-order valence-corrected chi connectivity index (χ2v) is 11.1. The van der Waals surface area contributed by atoms with Crippen molar-refractivity contribution in [1.29, 1.82) is 0 Å². The first-order valence-electron chi connectivity index (χ1n) is 13.8. The predicted octanol–water partition coefficient (Wildman–Crippen LogP) is 8.88. The Bertz CT molecular complexity index is 1430. The average molecular weight is 534 g/mol. The van der Waals surface area contributed by atoms with Crippen LogP contribution in [0.2, 0.25) is 5.02 Å². The van der Waals surface area contributed by atoms with Crippen molar-refractivity contribution in [1.82, 2.24) is 9.13 Å². The van der Waals surface area contributed by atoms with E-state index in [1.807, 2.05) is 0 Å². The van der Waals surface area contributed by atoms with Crippen LogP contribution in [0.1, 0.15) is 92.5 Å². The van der Waals surface area contributed by atoms with E-state index in [9.17, 15) is 9.90 Å². The van der Waals surface area contributed by atoms with Crippen molar-refractivity contribution in [2.45, 2.75) is 85.2 Å². The number of anilines is 1. The smallest absolute Gasteiger partial charge is 0.336 e. The largest absolute Gasteiger partial charge is 0.478 e. The van der Waals surface area contributed by atoms with E-state index < -0.39 is 5.97 Å². The summed E-state index contributed by atoms with van der Waals surface area (Å²) in [7, 11) is 0. The van der Waals surface area contributed by atoms with Gasteiger partial charge in [0.25, 0.3) is 0 Å². The molecule has 0 radical (unpaired) electrons. The van der Waals surface area contributed by atoms with Crippen LogP contribution in [0.25, 0.3) is 22.0 Å². The Labute approximate surface area is 231 Å². The summed E-state index contributed by atoms with van der Waals surface area (Å²) < 4.78 is 4.67. The molecule has 2 aromatic carbocycles. The highest BCUT2D eigenvalue weighted by Gasteiger charge is 2.22. The van der Waals surface area contributed by atoms with E-state index in [1.165, 1.54) is 60.3 Å². The Balaban J connectivity index is 1.78. The molecule has 0 atom stereocenters. The van der Waals surface area contributed by atoms with Gasteiger partial charge in [-0.2, -0.15) is 0 Å². The molecule has 0 saturated heterocycles. The number of carboxylic acids is 1. The number of benzene rings is 2. The number of rotatable bonds is 12. The number of carboxylic acid groups (broad SMARTS) is 1. The van der Waals surface area contributed by atoms with E-state index in [2.05, 4.69) is 73.5 Å². The summed E-state index contributed by atoms with van der Waals surface area (Å²) in [5.74, 6) is -1.00. The van der Waals surface area contributed by atoms with Gasteiger partial charge < -0.3 is 20.0 Å². The molecule has 0 fully saturated rings. The zero-order valence-electron chi connectivity index (χ0n) is 23.1. The summed E-state index contributed by atoms with van der Waals surface area (Å²) in [5.41, 5.74) is 13.0. The van der Waals surface area contributed by atoms with E-state index in [1.54, 1.807) is 6.07 Å². The minimum atomic E-state index is -1.00. The maximum atomic E-state index is 12.1. The van der Waals surface area contributed by atoms with Crippen molar-refractivity contribution < 1.29 is 9.90 Å². The van der Waals surface area contributed by atoms with Crippen LogP contribution in [0.15, 0.2) is 48.8 Å². The number of nitrogens with two attached hydrogens (primary N) is 1. The highest BCUT2D eigenvalue weighted by molar-refractivity contribution is 6.33. The number of hydrogen-bond acceptors (Lipinski definition) is 2. The Morgan fingerprint density at radius 2 is 1.74 bits per heavy atom. The number of carbonyl (C=O) groups is 1. The van der Waals surface area contributed by atoms with Gasteiger partial charge >= 0.3 is 5.97 Å². The molecule has 38 heavy (non-hydrogen) atoms. The summed E-state index contributed by atoms with van der Waals surface area (Å²) in [4.78, 5) is 12.1. The van der Waals surface area contributed by atoms with Crippen molar-refractivity contribution >= 4 is 34.2 Å². The topological polar surface area (TPSA) is 73.2 Å². The molecule has 202 valence electrons. The molecule has 3 N–H and O–H groups in total. The normalized spacial score (nSPS) is 11.6. The van der Waals surface area contributed by atoms with E-state index in [-0.39, 0.29) is 17.3 Å². The molecular weight excluding hydrogens is 494 g/mol. The lowest BCUT2D eigenvalue weighted by atomic mass is 9.94. The molecule has 0 amide bonds. The van der Waals surface area contributed by atoms with Gasteiger partial charge in [0, 0.05) is 59.1 Å². The average Bonchev–Trinajstić information content (AvgIpc) is 3.41. The molecule has 5 nitrogen and oxygen atoms in total. The van der Waals surface area contributed by atoms with Gasteiger partial charge in [0.15, 0.2) is 0 Å². The Morgan fingerprint density at radius 1 is 1.03 bits per heavy atom. The Kier molecular flexibility index (Phi) is 8.88. The number of aryl methyl sites for hydroxylation is 1. The first kappa shape index (κ1) is 27.8. The number of nitrogens with zero attached hydrogens (tertiary/aromatic N) is 2.